The SMILES string of the molecule is CC#CCCNc1nccnc1Cl. The molecule has 0 unspecified atom stereocenters. The highest BCUT2D eigenvalue weighted by Gasteiger charge is 1.98. The Labute approximate surface area is 82.5 Å². The smallest absolute Gasteiger partial charge is 0.171 e. The van der Waals surface area contributed by atoms with E-state index in [1.807, 2.05) is 6.92 Å². The van der Waals surface area contributed by atoms with Gasteiger partial charge in [0.2, 0.25) is 0 Å². The number of rotatable bonds is 3. The van der Waals surface area contributed by atoms with Gasteiger partial charge in [-0.1, -0.05) is 11.6 Å². The first-order chi connectivity index (χ1) is 6.34. The van der Waals surface area contributed by atoms with Crippen molar-refractivity contribution in [2.45, 2.75) is 13.3 Å². The summed E-state index contributed by atoms with van der Waals surface area (Å²) in [7, 11) is 0. The molecule has 0 saturated heterocycles. The van der Waals surface area contributed by atoms with Gasteiger partial charge in [0, 0.05) is 25.4 Å². The highest BCUT2D eigenvalue weighted by atomic mass is 35.5. The van der Waals surface area contributed by atoms with E-state index >= 15 is 0 Å². The second kappa shape index (κ2) is 5.39. The van der Waals surface area contributed by atoms with Crippen LogP contribution in [-0.2, 0) is 0 Å². The van der Waals surface area contributed by atoms with Crippen LogP contribution in [0.3, 0.4) is 0 Å². The number of aromatic nitrogens is 2. The minimum Gasteiger partial charge on any atom is -0.367 e. The van der Waals surface area contributed by atoms with Crippen LogP contribution in [0.1, 0.15) is 13.3 Å². The van der Waals surface area contributed by atoms with Gasteiger partial charge in [0.1, 0.15) is 0 Å². The highest BCUT2D eigenvalue weighted by Crippen LogP contribution is 2.13. The average Bonchev–Trinajstić information content (AvgIpc) is 2.15. The van der Waals surface area contributed by atoms with Crippen molar-refractivity contribution < 1.29 is 0 Å². The molecule has 1 N–H and O–H groups in total. The summed E-state index contributed by atoms with van der Waals surface area (Å²) in [5, 5.41) is 3.44. The van der Waals surface area contributed by atoms with Crippen molar-refractivity contribution in [3.63, 3.8) is 0 Å². The van der Waals surface area contributed by atoms with Crippen LogP contribution in [0.15, 0.2) is 12.4 Å². The topological polar surface area (TPSA) is 37.8 Å². The van der Waals surface area contributed by atoms with Gasteiger partial charge in [-0.05, 0) is 6.92 Å². The number of hydrogen-bond acceptors (Lipinski definition) is 3. The Morgan fingerprint density at radius 2 is 2.23 bits per heavy atom. The lowest BCUT2D eigenvalue weighted by Gasteiger charge is -2.02. The molecule has 1 aromatic rings. The summed E-state index contributed by atoms with van der Waals surface area (Å²) in [5.41, 5.74) is 0. The monoisotopic (exact) mass is 195 g/mol. The summed E-state index contributed by atoms with van der Waals surface area (Å²) in [4.78, 5) is 7.90. The van der Waals surface area contributed by atoms with Crippen LogP contribution in [0.5, 0.6) is 0 Å². The Bertz CT molecular complexity index is 327. The fourth-order valence-electron chi connectivity index (χ4n) is 0.808. The van der Waals surface area contributed by atoms with Gasteiger partial charge in [-0.3, -0.25) is 0 Å². The Morgan fingerprint density at radius 3 is 2.92 bits per heavy atom. The normalized spacial score (nSPS) is 8.77. The molecule has 0 bridgehead atoms. The van der Waals surface area contributed by atoms with E-state index in [1.165, 1.54) is 0 Å². The van der Waals surface area contributed by atoms with Gasteiger partial charge in [0.25, 0.3) is 0 Å². The average molecular weight is 196 g/mol. The Morgan fingerprint density at radius 1 is 1.46 bits per heavy atom. The first kappa shape index (κ1) is 9.82. The lowest BCUT2D eigenvalue weighted by Crippen LogP contribution is -2.03. The predicted molar refractivity (Wildman–Crippen MR) is 53.6 cm³/mol. The summed E-state index contributed by atoms with van der Waals surface area (Å²) in [6, 6.07) is 0. The molecule has 3 nitrogen and oxygen atoms in total. The third-order valence-electron chi connectivity index (χ3n) is 1.37. The van der Waals surface area contributed by atoms with Crippen LogP contribution in [0.2, 0.25) is 5.15 Å². The molecule has 1 heterocycles. The Kier molecular flexibility index (Phi) is 4.07. The van der Waals surface area contributed by atoms with Crippen molar-refractivity contribution in [2.75, 3.05) is 11.9 Å². The second-order valence-electron chi connectivity index (χ2n) is 2.30. The van der Waals surface area contributed by atoms with Crippen molar-refractivity contribution in [1.29, 1.82) is 0 Å². The van der Waals surface area contributed by atoms with Crippen LogP contribution in [0.25, 0.3) is 0 Å². The third kappa shape index (κ3) is 3.30. The fraction of sp³-hybridized carbons (Fsp3) is 0.333. The first-order valence-electron chi connectivity index (χ1n) is 3.94. The largest absolute Gasteiger partial charge is 0.367 e. The van der Waals surface area contributed by atoms with Crippen molar-refractivity contribution in [3.8, 4) is 11.8 Å². The molecule has 0 radical (unpaired) electrons. The first-order valence-corrected chi connectivity index (χ1v) is 4.32. The van der Waals surface area contributed by atoms with Crippen molar-refractivity contribution >= 4 is 17.4 Å². The van der Waals surface area contributed by atoms with E-state index in [0.717, 1.165) is 13.0 Å². The van der Waals surface area contributed by atoms with Crippen LogP contribution in [-0.4, -0.2) is 16.5 Å². The highest BCUT2D eigenvalue weighted by molar-refractivity contribution is 6.31. The number of anilines is 1. The minimum atomic E-state index is 0.395. The zero-order valence-corrected chi connectivity index (χ0v) is 8.10. The maximum absolute atomic E-state index is 5.76. The van der Waals surface area contributed by atoms with Crippen molar-refractivity contribution in [2.24, 2.45) is 0 Å². The lowest BCUT2D eigenvalue weighted by molar-refractivity contribution is 1.06. The fourth-order valence-corrected chi connectivity index (χ4v) is 0.980. The van der Waals surface area contributed by atoms with Crippen LogP contribution >= 0.6 is 11.6 Å². The molecule has 4 heteroatoms. The summed E-state index contributed by atoms with van der Waals surface area (Å²) in [6.07, 6.45) is 3.93. The van der Waals surface area contributed by atoms with E-state index in [1.54, 1.807) is 12.4 Å². The molecule has 0 aromatic carbocycles. The summed E-state index contributed by atoms with van der Waals surface area (Å²) in [5.74, 6) is 6.36. The van der Waals surface area contributed by atoms with Crippen molar-refractivity contribution in [3.05, 3.63) is 17.5 Å². The molecule has 0 saturated carbocycles. The lowest BCUT2D eigenvalue weighted by atomic mass is 10.4. The van der Waals surface area contributed by atoms with Crippen LogP contribution in [0.4, 0.5) is 5.82 Å². The number of nitrogens with one attached hydrogen (secondary N) is 1. The second-order valence-corrected chi connectivity index (χ2v) is 2.66. The molecule has 68 valence electrons. The molecular formula is C9H10ClN3. The summed E-state index contributed by atoms with van der Waals surface area (Å²) in [6.45, 7) is 2.55. The quantitative estimate of drug-likeness (QED) is 0.592. The van der Waals surface area contributed by atoms with E-state index in [4.69, 9.17) is 11.6 Å². The van der Waals surface area contributed by atoms with Gasteiger partial charge in [0.05, 0.1) is 0 Å². The van der Waals surface area contributed by atoms with Gasteiger partial charge in [-0.2, -0.15) is 0 Å². The van der Waals surface area contributed by atoms with E-state index in [2.05, 4.69) is 27.1 Å². The molecule has 0 amide bonds. The molecule has 1 rings (SSSR count). The molecule has 13 heavy (non-hydrogen) atoms. The molecule has 1 aromatic heterocycles. The molecule has 0 aliphatic rings. The summed E-state index contributed by atoms with van der Waals surface area (Å²) >= 11 is 5.76. The molecule has 0 aliphatic heterocycles. The van der Waals surface area contributed by atoms with Crippen LogP contribution in [0, 0.1) is 11.8 Å². The maximum Gasteiger partial charge on any atom is 0.171 e. The Balaban J connectivity index is 2.44. The van der Waals surface area contributed by atoms with E-state index in [9.17, 15) is 0 Å². The minimum absolute atomic E-state index is 0.395. The Hall–Kier alpha value is -1.27. The number of hydrogen-bond donors (Lipinski definition) is 1. The predicted octanol–water partition coefficient (Wildman–Crippen LogP) is 1.96. The van der Waals surface area contributed by atoms with E-state index in [-0.39, 0.29) is 0 Å². The molecule has 0 spiro atoms. The van der Waals surface area contributed by atoms with Crippen molar-refractivity contribution in [1.82, 2.24) is 9.97 Å². The van der Waals surface area contributed by atoms with Crippen LogP contribution < -0.4 is 5.32 Å². The van der Waals surface area contributed by atoms with E-state index < -0.39 is 0 Å². The molecule has 0 atom stereocenters. The van der Waals surface area contributed by atoms with Gasteiger partial charge in [-0.25, -0.2) is 9.97 Å². The van der Waals surface area contributed by atoms with E-state index in [0.29, 0.717) is 11.0 Å². The summed E-state index contributed by atoms with van der Waals surface area (Å²) < 4.78 is 0. The van der Waals surface area contributed by atoms with Gasteiger partial charge in [-0.15, -0.1) is 11.8 Å². The zero-order valence-electron chi connectivity index (χ0n) is 7.34. The zero-order chi connectivity index (χ0) is 9.52. The molecule has 0 aliphatic carbocycles. The molecular weight excluding hydrogens is 186 g/mol. The maximum atomic E-state index is 5.76. The molecule has 0 fully saturated rings. The van der Waals surface area contributed by atoms with Gasteiger partial charge >= 0.3 is 0 Å². The number of halogens is 1. The van der Waals surface area contributed by atoms with Gasteiger partial charge < -0.3 is 5.32 Å². The standard InChI is InChI=1S/C9H10ClN3/c1-2-3-4-5-12-9-8(10)11-6-7-13-9/h6-7H,4-5H2,1H3,(H,12,13). The number of nitrogens with zero attached hydrogens (tertiary/aromatic N) is 2. The van der Waals surface area contributed by atoms with Gasteiger partial charge in [0.15, 0.2) is 11.0 Å². The third-order valence-corrected chi connectivity index (χ3v) is 1.65.